The van der Waals surface area contributed by atoms with Crippen LogP contribution in [0.3, 0.4) is 0 Å². The van der Waals surface area contributed by atoms with Crippen LogP contribution < -0.4 is 0 Å². The Morgan fingerprint density at radius 1 is 1.17 bits per heavy atom. The molecule has 0 aromatic heterocycles. The number of carboxylic acids is 1. The Morgan fingerprint density at radius 2 is 1.87 bits per heavy atom. The molecule has 2 atom stereocenters. The first-order chi connectivity index (χ1) is 10.9. The predicted octanol–water partition coefficient (Wildman–Crippen LogP) is 2.99. The maximum Gasteiger partial charge on any atom is 0.311 e. The molecule has 6 nitrogen and oxygen atoms in total. The van der Waals surface area contributed by atoms with E-state index in [1.54, 1.807) is 0 Å². The lowest BCUT2D eigenvalue weighted by Crippen LogP contribution is -2.34. The molecular weight excluding hydrogens is 300 g/mol. The summed E-state index contributed by atoms with van der Waals surface area (Å²) in [5.41, 5.74) is -0.448. The number of carboxylic acid groups (broad SMARTS) is 1. The lowest BCUT2D eigenvalue weighted by atomic mass is 9.86. The molecule has 23 heavy (non-hydrogen) atoms. The Hall–Kier alpha value is -1.14. The van der Waals surface area contributed by atoms with Crippen molar-refractivity contribution in [2.75, 3.05) is 20.0 Å². The van der Waals surface area contributed by atoms with Gasteiger partial charge in [-0.2, -0.15) is 0 Å². The summed E-state index contributed by atoms with van der Waals surface area (Å²) in [7, 11) is 0. The van der Waals surface area contributed by atoms with Gasteiger partial charge in [-0.1, -0.05) is 19.8 Å². The van der Waals surface area contributed by atoms with Crippen molar-refractivity contribution in [1.82, 2.24) is 0 Å². The number of aliphatic carboxylic acids is 1. The van der Waals surface area contributed by atoms with Gasteiger partial charge in [-0.15, -0.1) is 0 Å². The highest BCUT2D eigenvalue weighted by atomic mass is 16.7. The number of hydrogen-bond acceptors (Lipinski definition) is 5. The highest BCUT2D eigenvalue weighted by molar-refractivity contribution is 5.75. The molecule has 0 bridgehead atoms. The van der Waals surface area contributed by atoms with E-state index in [9.17, 15) is 9.59 Å². The highest BCUT2D eigenvalue weighted by Crippen LogP contribution is 2.27. The van der Waals surface area contributed by atoms with E-state index in [4.69, 9.17) is 19.3 Å². The normalized spacial score (nSPS) is 21.9. The Balaban J connectivity index is 2.09. The summed E-state index contributed by atoms with van der Waals surface area (Å²) in [5.74, 6) is -1.41. The van der Waals surface area contributed by atoms with Crippen molar-refractivity contribution in [2.24, 2.45) is 11.3 Å². The van der Waals surface area contributed by atoms with Gasteiger partial charge in [0, 0.05) is 6.42 Å². The average Bonchev–Trinajstić information content (AvgIpc) is 2.53. The molecule has 1 saturated carbocycles. The lowest BCUT2D eigenvalue weighted by Gasteiger charge is -2.28. The van der Waals surface area contributed by atoms with Crippen molar-refractivity contribution < 1.29 is 28.9 Å². The second-order valence-electron chi connectivity index (χ2n) is 6.69. The monoisotopic (exact) mass is 330 g/mol. The van der Waals surface area contributed by atoms with Crippen LogP contribution >= 0.6 is 0 Å². The molecule has 0 heterocycles. The fourth-order valence-corrected chi connectivity index (χ4v) is 2.44. The summed E-state index contributed by atoms with van der Waals surface area (Å²) in [6.07, 6.45) is 4.45. The van der Waals surface area contributed by atoms with Gasteiger partial charge in [0.15, 0.2) is 0 Å². The zero-order chi connectivity index (χ0) is 17.3. The van der Waals surface area contributed by atoms with Gasteiger partial charge < -0.3 is 19.3 Å². The second kappa shape index (κ2) is 9.88. The molecule has 0 amide bonds. The SMILES string of the molecule is CCC(C)(C)C(=O)OCCCOCOC1CCCCC1C(=O)O. The molecule has 0 aromatic rings. The second-order valence-corrected chi connectivity index (χ2v) is 6.69. The summed E-state index contributed by atoms with van der Waals surface area (Å²) in [6, 6.07) is 0. The molecule has 0 radical (unpaired) electrons. The van der Waals surface area contributed by atoms with Gasteiger partial charge in [-0.05, 0) is 33.1 Å². The van der Waals surface area contributed by atoms with Crippen molar-refractivity contribution in [3.63, 3.8) is 0 Å². The first-order valence-corrected chi connectivity index (χ1v) is 8.48. The van der Waals surface area contributed by atoms with Crippen LogP contribution in [0, 0.1) is 11.3 Å². The van der Waals surface area contributed by atoms with E-state index in [1.807, 2.05) is 20.8 Å². The molecular formula is C17H30O6. The minimum absolute atomic E-state index is 0.0862. The fourth-order valence-electron chi connectivity index (χ4n) is 2.44. The molecule has 0 spiro atoms. The zero-order valence-corrected chi connectivity index (χ0v) is 14.5. The number of carbonyl (C=O) groups excluding carboxylic acids is 1. The summed E-state index contributed by atoms with van der Waals surface area (Å²) in [6.45, 7) is 6.51. The Kier molecular flexibility index (Phi) is 8.55. The molecule has 6 heteroatoms. The Morgan fingerprint density at radius 3 is 2.52 bits per heavy atom. The Bertz CT molecular complexity index is 379. The number of hydrogen-bond donors (Lipinski definition) is 1. The maximum atomic E-state index is 11.7. The van der Waals surface area contributed by atoms with Crippen LogP contribution in [0.5, 0.6) is 0 Å². The molecule has 1 aliphatic carbocycles. The van der Waals surface area contributed by atoms with Crippen LogP contribution in [0.15, 0.2) is 0 Å². The van der Waals surface area contributed by atoms with Crippen molar-refractivity contribution in [1.29, 1.82) is 0 Å². The molecule has 0 saturated heterocycles. The third-order valence-electron chi connectivity index (χ3n) is 4.49. The van der Waals surface area contributed by atoms with Gasteiger partial charge in [0.2, 0.25) is 0 Å². The van der Waals surface area contributed by atoms with Gasteiger partial charge in [0.05, 0.1) is 30.7 Å². The molecule has 1 aliphatic rings. The van der Waals surface area contributed by atoms with Crippen LogP contribution in [0.1, 0.15) is 59.3 Å². The number of carbonyl (C=O) groups is 2. The summed E-state index contributed by atoms with van der Waals surface area (Å²) in [4.78, 5) is 22.9. The topological polar surface area (TPSA) is 82.1 Å². The van der Waals surface area contributed by atoms with Crippen molar-refractivity contribution >= 4 is 11.9 Å². The van der Waals surface area contributed by atoms with Crippen molar-refractivity contribution in [3.05, 3.63) is 0 Å². The van der Waals surface area contributed by atoms with E-state index in [0.29, 0.717) is 26.1 Å². The van der Waals surface area contributed by atoms with Crippen LogP contribution in [0.2, 0.25) is 0 Å². The average molecular weight is 330 g/mol. The highest BCUT2D eigenvalue weighted by Gasteiger charge is 2.31. The summed E-state index contributed by atoms with van der Waals surface area (Å²) >= 11 is 0. The van der Waals surface area contributed by atoms with E-state index in [0.717, 1.165) is 25.7 Å². The summed E-state index contributed by atoms with van der Waals surface area (Å²) < 4.78 is 16.1. The molecule has 0 aliphatic heterocycles. The van der Waals surface area contributed by atoms with Gasteiger partial charge in [-0.25, -0.2) is 0 Å². The first kappa shape index (κ1) is 19.9. The largest absolute Gasteiger partial charge is 0.481 e. The smallest absolute Gasteiger partial charge is 0.311 e. The zero-order valence-electron chi connectivity index (χ0n) is 14.5. The third kappa shape index (κ3) is 6.87. The molecule has 0 aromatic carbocycles. The van der Waals surface area contributed by atoms with E-state index in [-0.39, 0.29) is 18.9 Å². The molecule has 1 N–H and O–H groups in total. The lowest BCUT2D eigenvalue weighted by molar-refractivity contribution is -0.159. The minimum Gasteiger partial charge on any atom is -0.481 e. The quantitative estimate of drug-likeness (QED) is 0.377. The molecule has 1 fully saturated rings. The van der Waals surface area contributed by atoms with Gasteiger partial charge in [0.1, 0.15) is 6.79 Å². The van der Waals surface area contributed by atoms with Crippen LogP contribution in [0.4, 0.5) is 0 Å². The van der Waals surface area contributed by atoms with Crippen LogP contribution in [-0.2, 0) is 23.8 Å². The van der Waals surface area contributed by atoms with Crippen LogP contribution in [-0.4, -0.2) is 43.2 Å². The van der Waals surface area contributed by atoms with Crippen molar-refractivity contribution in [2.45, 2.75) is 65.4 Å². The standard InChI is InChI=1S/C17H30O6/c1-4-17(2,3)16(20)22-11-7-10-21-12-23-14-9-6-5-8-13(14)15(18)19/h13-14H,4-12H2,1-3H3,(H,18,19). The number of rotatable bonds is 10. The number of ether oxygens (including phenoxy) is 3. The van der Waals surface area contributed by atoms with E-state index in [1.165, 1.54) is 0 Å². The third-order valence-corrected chi connectivity index (χ3v) is 4.49. The van der Waals surface area contributed by atoms with Crippen LogP contribution in [0.25, 0.3) is 0 Å². The Labute approximate surface area is 138 Å². The first-order valence-electron chi connectivity index (χ1n) is 8.48. The van der Waals surface area contributed by atoms with E-state index >= 15 is 0 Å². The van der Waals surface area contributed by atoms with Gasteiger partial charge in [-0.3, -0.25) is 9.59 Å². The number of esters is 1. The van der Waals surface area contributed by atoms with Gasteiger partial charge >= 0.3 is 11.9 Å². The maximum absolute atomic E-state index is 11.7. The fraction of sp³-hybridized carbons (Fsp3) is 0.882. The van der Waals surface area contributed by atoms with E-state index in [2.05, 4.69) is 0 Å². The van der Waals surface area contributed by atoms with Crippen molar-refractivity contribution in [3.8, 4) is 0 Å². The van der Waals surface area contributed by atoms with Gasteiger partial charge in [0.25, 0.3) is 0 Å². The minimum atomic E-state index is -0.792. The van der Waals surface area contributed by atoms with E-state index < -0.39 is 17.3 Å². The predicted molar refractivity (Wildman–Crippen MR) is 84.9 cm³/mol. The molecule has 134 valence electrons. The summed E-state index contributed by atoms with van der Waals surface area (Å²) in [5, 5.41) is 9.15. The molecule has 2 unspecified atom stereocenters. The molecule has 1 rings (SSSR count).